The van der Waals surface area contributed by atoms with Crippen molar-refractivity contribution in [2.75, 3.05) is 19.8 Å². The second-order valence-electron chi connectivity index (χ2n) is 4.01. The summed E-state index contributed by atoms with van der Waals surface area (Å²) in [5, 5.41) is -0.672. The molecule has 0 radical (unpaired) electrons. The van der Waals surface area contributed by atoms with E-state index in [1.54, 1.807) is 6.92 Å². The Bertz CT molecular complexity index is 406. The van der Waals surface area contributed by atoms with Gasteiger partial charge in [0, 0.05) is 11.6 Å². The van der Waals surface area contributed by atoms with Crippen LogP contribution in [0.15, 0.2) is 12.1 Å². The molecule has 1 aromatic carbocycles. The van der Waals surface area contributed by atoms with Crippen LogP contribution >= 0.6 is 11.6 Å². The van der Waals surface area contributed by atoms with Crippen LogP contribution in [0.4, 0.5) is 8.78 Å². The normalized spacial score (nSPS) is 22.5. The zero-order chi connectivity index (χ0) is 12.4. The van der Waals surface area contributed by atoms with Crippen LogP contribution in [0.1, 0.15) is 16.5 Å². The van der Waals surface area contributed by atoms with Crippen LogP contribution in [-0.4, -0.2) is 25.9 Å². The summed E-state index contributed by atoms with van der Waals surface area (Å²) in [4.78, 5) is 0. The molecule has 17 heavy (non-hydrogen) atoms. The van der Waals surface area contributed by atoms with Crippen LogP contribution in [-0.2, 0) is 9.47 Å². The lowest BCUT2D eigenvalue weighted by molar-refractivity contribution is -0.0894. The molecule has 1 aliphatic heterocycles. The van der Waals surface area contributed by atoms with Gasteiger partial charge in [0.25, 0.3) is 0 Å². The molecule has 1 fully saturated rings. The summed E-state index contributed by atoms with van der Waals surface area (Å²) in [6, 6.07) is 2.27. The predicted molar refractivity (Wildman–Crippen MR) is 60.2 cm³/mol. The Morgan fingerprint density at radius 2 is 2.06 bits per heavy atom. The van der Waals surface area contributed by atoms with Crippen molar-refractivity contribution in [3.05, 3.63) is 34.9 Å². The fraction of sp³-hybridized carbons (Fsp3) is 0.500. The predicted octanol–water partition coefficient (Wildman–Crippen LogP) is 2.97. The number of rotatable bonds is 2. The molecule has 0 aliphatic carbocycles. The van der Waals surface area contributed by atoms with Crippen LogP contribution in [0, 0.1) is 18.6 Å². The van der Waals surface area contributed by atoms with Crippen LogP contribution < -0.4 is 0 Å². The highest BCUT2D eigenvalue weighted by atomic mass is 35.5. The smallest absolute Gasteiger partial charge is 0.130 e. The van der Waals surface area contributed by atoms with E-state index in [4.69, 9.17) is 21.1 Å². The zero-order valence-electron chi connectivity index (χ0n) is 9.38. The summed E-state index contributed by atoms with van der Waals surface area (Å²) in [6.07, 6.45) is -0.398. The lowest BCUT2D eigenvalue weighted by Gasteiger charge is -2.27. The summed E-state index contributed by atoms with van der Waals surface area (Å²) in [5.41, 5.74) is 0.616. The van der Waals surface area contributed by atoms with E-state index in [1.165, 1.54) is 6.07 Å². The molecule has 0 saturated carbocycles. The molecule has 2 unspecified atom stereocenters. The van der Waals surface area contributed by atoms with Gasteiger partial charge in [-0.25, -0.2) is 8.78 Å². The van der Waals surface area contributed by atoms with Crippen LogP contribution in [0.3, 0.4) is 0 Å². The topological polar surface area (TPSA) is 18.5 Å². The van der Waals surface area contributed by atoms with Crippen molar-refractivity contribution in [3.8, 4) is 0 Å². The van der Waals surface area contributed by atoms with Gasteiger partial charge in [-0.1, -0.05) is 0 Å². The van der Waals surface area contributed by atoms with Gasteiger partial charge in [-0.05, 0) is 18.6 Å². The van der Waals surface area contributed by atoms with Crippen molar-refractivity contribution >= 4 is 11.6 Å². The molecule has 2 atom stereocenters. The van der Waals surface area contributed by atoms with E-state index in [9.17, 15) is 8.78 Å². The average molecular weight is 263 g/mol. The van der Waals surface area contributed by atoms with Gasteiger partial charge in [0.15, 0.2) is 0 Å². The largest absolute Gasteiger partial charge is 0.376 e. The fourth-order valence-electron chi connectivity index (χ4n) is 1.77. The first-order valence-corrected chi connectivity index (χ1v) is 5.82. The Morgan fingerprint density at radius 1 is 1.29 bits per heavy atom. The molecule has 0 spiro atoms. The third-order valence-electron chi connectivity index (χ3n) is 2.74. The van der Waals surface area contributed by atoms with E-state index in [2.05, 4.69) is 0 Å². The Balaban J connectivity index is 2.23. The van der Waals surface area contributed by atoms with Gasteiger partial charge in [0.2, 0.25) is 0 Å². The zero-order valence-corrected chi connectivity index (χ0v) is 10.1. The highest BCUT2D eigenvalue weighted by molar-refractivity contribution is 6.21. The van der Waals surface area contributed by atoms with Crippen molar-refractivity contribution in [1.29, 1.82) is 0 Å². The van der Waals surface area contributed by atoms with Gasteiger partial charge in [-0.3, -0.25) is 0 Å². The first-order valence-electron chi connectivity index (χ1n) is 5.38. The SMILES string of the molecule is Cc1cc(C(Cl)C2COCCO2)c(F)cc1F. The maximum atomic E-state index is 13.6. The van der Waals surface area contributed by atoms with Crippen LogP contribution in [0.5, 0.6) is 0 Å². The molecule has 1 aliphatic rings. The number of halogens is 3. The molecule has 94 valence electrons. The van der Waals surface area contributed by atoms with Gasteiger partial charge in [0.05, 0.1) is 25.2 Å². The average Bonchev–Trinajstić information content (AvgIpc) is 2.34. The molecule has 0 amide bonds. The van der Waals surface area contributed by atoms with Gasteiger partial charge in [-0.15, -0.1) is 11.6 Å². The Kier molecular flexibility index (Phi) is 3.97. The minimum atomic E-state index is -0.672. The molecule has 2 nitrogen and oxygen atoms in total. The third kappa shape index (κ3) is 2.76. The second-order valence-corrected chi connectivity index (χ2v) is 4.48. The Hall–Kier alpha value is -0.710. The maximum absolute atomic E-state index is 13.6. The van der Waals surface area contributed by atoms with Gasteiger partial charge in [-0.2, -0.15) is 0 Å². The highest BCUT2D eigenvalue weighted by Crippen LogP contribution is 2.31. The summed E-state index contributed by atoms with van der Waals surface area (Å²) in [7, 11) is 0. The number of ether oxygens (including phenoxy) is 2. The molecular weight excluding hydrogens is 250 g/mol. The lowest BCUT2D eigenvalue weighted by Crippen LogP contribution is -2.32. The minimum Gasteiger partial charge on any atom is -0.376 e. The lowest BCUT2D eigenvalue weighted by atomic mass is 10.0. The van der Waals surface area contributed by atoms with E-state index in [0.717, 1.165) is 6.07 Å². The van der Waals surface area contributed by atoms with E-state index in [0.29, 0.717) is 25.4 Å². The van der Waals surface area contributed by atoms with Gasteiger partial charge in [0.1, 0.15) is 17.7 Å². The first kappa shape index (κ1) is 12.7. The summed E-state index contributed by atoms with van der Waals surface area (Å²) in [5.74, 6) is -1.22. The Labute approximate surface area is 103 Å². The number of hydrogen-bond acceptors (Lipinski definition) is 2. The van der Waals surface area contributed by atoms with Gasteiger partial charge >= 0.3 is 0 Å². The number of hydrogen-bond donors (Lipinski definition) is 0. The van der Waals surface area contributed by atoms with Gasteiger partial charge < -0.3 is 9.47 Å². The highest BCUT2D eigenvalue weighted by Gasteiger charge is 2.27. The van der Waals surface area contributed by atoms with E-state index in [1.807, 2.05) is 0 Å². The third-order valence-corrected chi connectivity index (χ3v) is 3.26. The molecule has 2 rings (SSSR count). The molecule has 0 bridgehead atoms. The van der Waals surface area contributed by atoms with Crippen molar-refractivity contribution in [3.63, 3.8) is 0 Å². The van der Waals surface area contributed by atoms with Crippen molar-refractivity contribution in [2.24, 2.45) is 0 Å². The number of aryl methyl sites for hydroxylation is 1. The molecule has 1 saturated heterocycles. The first-order chi connectivity index (χ1) is 8.09. The van der Waals surface area contributed by atoms with Crippen LogP contribution in [0.2, 0.25) is 0 Å². The summed E-state index contributed by atoms with van der Waals surface area (Å²) < 4.78 is 37.4. The monoisotopic (exact) mass is 262 g/mol. The van der Waals surface area contributed by atoms with E-state index < -0.39 is 23.1 Å². The number of benzene rings is 1. The maximum Gasteiger partial charge on any atom is 0.130 e. The minimum absolute atomic E-state index is 0.251. The summed E-state index contributed by atoms with van der Waals surface area (Å²) >= 11 is 6.15. The standard InChI is InChI=1S/C12H13ClF2O2/c1-7-4-8(10(15)5-9(7)14)12(13)11-6-16-2-3-17-11/h4-5,11-12H,2-3,6H2,1H3. The molecule has 0 N–H and O–H groups in total. The molecule has 1 aromatic rings. The molecule has 0 aromatic heterocycles. The van der Waals surface area contributed by atoms with Crippen LogP contribution in [0.25, 0.3) is 0 Å². The van der Waals surface area contributed by atoms with Crippen molar-refractivity contribution in [2.45, 2.75) is 18.4 Å². The van der Waals surface area contributed by atoms with Crippen molar-refractivity contribution < 1.29 is 18.3 Å². The quantitative estimate of drug-likeness (QED) is 0.763. The molecule has 5 heteroatoms. The van der Waals surface area contributed by atoms with Crippen molar-refractivity contribution in [1.82, 2.24) is 0 Å². The van der Waals surface area contributed by atoms with E-state index in [-0.39, 0.29) is 5.56 Å². The Morgan fingerprint density at radius 3 is 2.71 bits per heavy atom. The second kappa shape index (κ2) is 5.29. The molecular formula is C12H13ClF2O2. The summed E-state index contributed by atoms with van der Waals surface area (Å²) in [6.45, 7) is 2.85. The van der Waals surface area contributed by atoms with E-state index >= 15 is 0 Å². The fourth-order valence-corrected chi connectivity index (χ4v) is 2.08. The number of alkyl halides is 1. The molecule has 1 heterocycles.